The molecule has 0 aliphatic carbocycles. The van der Waals surface area contributed by atoms with Gasteiger partial charge in [0.15, 0.2) is 0 Å². The van der Waals surface area contributed by atoms with Crippen LogP contribution in [0.5, 0.6) is 0 Å². The van der Waals surface area contributed by atoms with E-state index in [1.165, 1.54) is 0 Å². The number of nitrogens with zero attached hydrogens (tertiary/aromatic N) is 1. The Hall–Kier alpha value is -1.16. The van der Waals surface area contributed by atoms with Gasteiger partial charge in [0.1, 0.15) is 0 Å². The lowest BCUT2D eigenvalue weighted by atomic mass is 10.2. The average molecular weight is 268 g/mol. The van der Waals surface area contributed by atoms with E-state index in [1.54, 1.807) is 4.90 Å². The number of halogens is 1. The van der Waals surface area contributed by atoms with Gasteiger partial charge in [-0.05, 0) is 24.6 Å². The molecule has 2 rings (SSSR count). The topological polar surface area (TPSA) is 37.4 Å². The summed E-state index contributed by atoms with van der Waals surface area (Å²) in [6, 6.07) is 5.71. The Kier molecular flexibility index (Phi) is 2.61. The Morgan fingerprint density at radius 3 is 2.67 bits per heavy atom. The average Bonchev–Trinajstić information content (AvgIpc) is 2.52. The van der Waals surface area contributed by atoms with E-state index in [1.807, 2.05) is 25.1 Å². The SMILES string of the molecule is Cc1ccc(Br)cc1N1CCC(=O)C1=O. The number of rotatable bonds is 1. The highest BCUT2D eigenvalue weighted by Gasteiger charge is 2.30. The molecule has 0 radical (unpaired) electrons. The summed E-state index contributed by atoms with van der Waals surface area (Å²) in [5, 5.41) is 0. The predicted octanol–water partition coefficient (Wildman–Crippen LogP) is 2.06. The van der Waals surface area contributed by atoms with Crippen molar-refractivity contribution in [1.29, 1.82) is 0 Å². The molecular formula is C11H10BrNO2. The lowest BCUT2D eigenvalue weighted by molar-refractivity contribution is -0.133. The van der Waals surface area contributed by atoms with E-state index in [0.717, 1.165) is 15.7 Å². The Balaban J connectivity index is 2.42. The molecule has 0 saturated carbocycles. The van der Waals surface area contributed by atoms with Crippen LogP contribution in [0.2, 0.25) is 0 Å². The van der Waals surface area contributed by atoms with E-state index < -0.39 is 5.91 Å². The van der Waals surface area contributed by atoms with Gasteiger partial charge in [0.2, 0.25) is 5.78 Å². The van der Waals surface area contributed by atoms with Gasteiger partial charge in [-0.25, -0.2) is 0 Å². The molecule has 0 spiro atoms. The minimum absolute atomic E-state index is 0.297. The molecular weight excluding hydrogens is 258 g/mol. The normalized spacial score (nSPS) is 16.3. The van der Waals surface area contributed by atoms with Crippen molar-refractivity contribution in [1.82, 2.24) is 0 Å². The van der Waals surface area contributed by atoms with Crippen LogP contribution in [-0.4, -0.2) is 18.2 Å². The van der Waals surface area contributed by atoms with Crippen LogP contribution in [0.1, 0.15) is 12.0 Å². The monoisotopic (exact) mass is 267 g/mol. The van der Waals surface area contributed by atoms with Crippen molar-refractivity contribution in [3.05, 3.63) is 28.2 Å². The van der Waals surface area contributed by atoms with Gasteiger partial charge in [-0.2, -0.15) is 0 Å². The third-order valence-corrected chi connectivity index (χ3v) is 3.00. The van der Waals surface area contributed by atoms with E-state index in [4.69, 9.17) is 0 Å². The maximum Gasteiger partial charge on any atom is 0.294 e. The second kappa shape index (κ2) is 3.77. The van der Waals surface area contributed by atoms with E-state index in [9.17, 15) is 9.59 Å². The first-order valence-electron chi connectivity index (χ1n) is 4.70. The molecule has 0 bridgehead atoms. The Labute approximate surface area is 96.2 Å². The number of hydrogen-bond donors (Lipinski definition) is 0. The van der Waals surface area contributed by atoms with Crippen molar-refractivity contribution in [3.8, 4) is 0 Å². The molecule has 4 heteroatoms. The largest absolute Gasteiger partial charge is 0.305 e. The highest BCUT2D eigenvalue weighted by Crippen LogP contribution is 2.27. The Morgan fingerprint density at radius 1 is 1.33 bits per heavy atom. The van der Waals surface area contributed by atoms with Crippen molar-refractivity contribution in [2.24, 2.45) is 0 Å². The molecule has 0 aromatic heterocycles. The van der Waals surface area contributed by atoms with Crippen LogP contribution in [0.15, 0.2) is 22.7 Å². The molecule has 1 fully saturated rings. The maximum atomic E-state index is 11.5. The van der Waals surface area contributed by atoms with Crippen molar-refractivity contribution >= 4 is 33.3 Å². The Morgan fingerprint density at radius 2 is 2.07 bits per heavy atom. The van der Waals surface area contributed by atoms with Crippen molar-refractivity contribution in [3.63, 3.8) is 0 Å². The third kappa shape index (κ3) is 1.81. The molecule has 0 atom stereocenters. The summed E-state index contributed by atoms with van der Waals surface area (Å²) in [5.41, 5.74) is 1.82. The predicted molar refractivity (Wildman–Crippen MR) is 60.9 cm³/mol. The van der Waals surface area contributed by atoms with Gasteiger partial charge in [-0.3, -0.25) is 9.59 Å². The lowest BCUT2D eigenvalue weighted by Gasteiger charge is -2.17. The fraction of sp³-hybridized carbons (Fsp3) is 0.273. The minimum Gasteiger partial charge on any atom is -0.305 e. The summed E-state index contributed by atoms with van der Waals surface area (Å²) < 4.78 is 0.912. The van der Waals surface area contributed by atoms with Crippen LogP contribution in [0, 0.1) is 6.92 Å². The number of hydrogen-bond acceptors (Lipinski definition) is 2. The van der Waals surface area contributed by atoms with Gasteiger partial charge < -0.3 is 4.90 Å². The van der Waals surface area contributed by atoms with E-state index in [-0.39, 0.29) is 5.78 Å². The highest BCUT2D eigenvalue weighted by molar-refractivity contribution is 9.10. The first kappa shape index (κ1) is 10.4. The molecule has 1 heterocycles. The van der Waals surface area contributed by atoms with Crippen LogP contribution >= 0.6 is 15.9 Å². The number of Topliss-reactive ketones (excluding diaryl/α,β-unsaturated/α-hetero) is 1. The molecule has 1 aromatic carbocycles. The number of ketones is 1. The zero-order chi connectivity index (χ0) is 11.0. The second-order valence-electron chi connectivity index (χ2n) is 3.56. The van der Waals surface area contributed by atoms with Gasteiger partial charge >= 0.3 is 0 Å². The molecule has 1 aliphatic rings. The second-order valence-corrected chi connectivity index (χ2v) is 4.48. The van der Waals surface area contributed by atoms with Gasteiger partial charge in [-0.15, -0.1) is 0 Å². The zero-order valence-electron chi connectivity index (χ0n) is 8.29. The molecule has 0 N–H and O–H groups in total. The van der Waals surface area contributed by atoms with Gasteiger partial charge in [0, 0.05) is 23.1 Å². The standard InChI is InChI=1S/C11H10BrNO2/c1-7-2-3-8(12)6-9(7)13-5-4-10(14)11(13)15/h2-3,6H,4-5H2,1H3. The Bertz CT molecular complexity index is 442. The van der Waals surface area contributed by atoms with Crippen LogP contribution < -0.4 is 4.90 Å². The fourth-order valence-corrected chi connectivity index (χ4v) is 2.02. The molecule has 1 amide bonds. The molecule has 1 aliphatic heterocycles. The molecule has 78 valence electrons. The number of benzene rings is 1. The highest BCUT2D eigenvalue weighted by atomic mass is 79.9. The summed E-state index contributed by atoms with van der Waals surface area (Å²) >= 11 is 3.36. The van der Waals surface area contributed by atoms with Crippen LogP contribution in [-0.2, 0) is 9.59 Å². The summed E-state index contributed by atoms with van der Waals surface area (Å²) in [6.45, 7) is 2.42. The number of carbonyl (C=O) groups excluding carboxylic acids is 2. The van der Waals surface area contributed by atoms with E-state index in [2.05, 4.69) is 15.9 Å². The van der Waals surface area contributed by atoms with Gasteiger partial charge in [0.05, 0.1) is 0 Å². The number of aryl methyl sites for hydroxylation is 1. The van der Waals surface area contributed by atoms with Crippen molar-refractivity contribution in [2.45, 2.75) is 13.3 Å². The van der Waals surface area contributed by atoms with Crippen molar-refractivity contribution < 1.29 is 9.59 Å². The smallest absolute Gasteiger partial charge is 0.294 e. The van der Waals surface area contributed by atoms with Crippen molar-refractivity contribution in [2.75, 3.05) is 11.4 Å². The minimum atomic E-state index is -0.392. The first-order chi connectivity index (χ1) is 7.09. The van der Waals surface area contributed by atoms with Gasteiger partial charge in [-0.1, -0.05) is 22.0 Å². The van der Waals surface area contributed by atoms with Crippen LogP contribution in [0.3, 0.4) is 0 Å². The van der Waals surface area contributed by atoms with Crippen LogP contribution in [0.4, 0.5) is 5.69 Å². The van der Waals surface area contributed by atoms with E-state index >= 15 is 0 Å². The van der Waals surface area contributed by atoms with Crippen LogP contribution in [0.25, 0.3) is 0 Å². The summed E-state index contributed by atoms with van der Waals surface area (Å²) in [5.74, 6) is -0.689. The summed E-state index contributed by atoms with van der Waals surface area (Å²) in [6.07, 6.45) is 0.324. The van der Waals surface area contributed by atoms with E-state index in [0.29, 0.717) is 13.0 Å². The van der Waals surface area contributed by atoms with Gasteiger partial charge in [0.25, 0.3) is 5.91 Å². The first-order valence-corrected chi connectivity index (χ1v) is 5.50. The summed E-state index contributed by atoms with van der Waals surface area (Å²) in [7, 11) is 0. The third-order valence-electron chi connectivity index (χ3n) is 2.51. The molecule has 0 unspecified atom stereocenters. The summed E-state index contributed by atoms with van der Waals surface area (Å²) in [4.78, 5) is 24.2. The molecule has 1 aromatic rings. The fourth-order valence-electron chi connectivity index (χ4n) is 1.68. The zero-order valence-corrected chi connectivity index (χ0v) is 9.87. The maximum absolute atomic E-state index is 11.5. The molecule has 3 nitrogen and oxygen atoms in total. The molecule has 15 heavy (non-hydrogen) atoms. The molecule has 1 saturated heterocycles. The number of anilines is 1. The number of carbonyl (C=O) groups is 2. The quantitative estimate of drug-likeness (QED) is 0.731. The number of amides is 1. The lowest BCUT2D eigenvalue weighted by Crippen LogP contribution is -2.27.